The van der Waals surface area contributed by atoms with Crippen molar-refractivity contribution in [2.45, 2.75) is 26.7 Å². The molecule has 0 amide bonds. The van der Waals surface area contributed by atoms with Gasteiger partial charge in [0.25, 0.3) is 5.39 Å². The Kier molecular flexibility index (Phi) is 8.48. The van der Waals surface area contributed by atoms with Gasteiger partial charge in [0.15, 0.2) is 11.6 Å². The van der Waals surface area contributed by atoms with Gasteiger partial charge in [-0.25, -0.2) is 0 Å². The SMILES string of the molecule is CCCC(=O)C(C)=O.N#[N+]N(Br)c1ccccc1[N+](=O)[O-]. The largest absolute Gasteiger partial charge is 0.322 e. The van der Waals surface area contributed by atoms with Crippen LogP contribution in [0.1, 0.15) is 26.7 Å². The number of nitro groups is 1. The molecule has 0 saturated heterocycles. The van der Waals surface area contributed by atoms with Gasteiger partial charge in [0, 0.05) is 19.4 Å². The highest BCUT2D eigenvalue weighted by atomic mass is 79.9. The second kappa shape index (κ2) is 9.55. The van der Waals surface area contributed by atoms with Crippen LogP contribution in [0.2, 0.25) is 0 Å². The summed E-state index contributed by atoms with van der Waals surface area (Å²) in [6.45, 7) is 3.18. The number of nitrogens with zero attached hydrogens (tertiary/aromatic N) is 4. The Morgan fingerprint density at radius 3 is 2.38 bits per heavy atom. The zero-order valence-corrected chi connectivity index (χ0v) is 13.1. The Hall–Kier alpha value is -2.34. The van der Waals surface area contributed by atoms with Crippen molar-refractivity contribution >= 4 is 39.1 Å². The molecule has 0 atom stereocenters. The first-order valence-corrected chi connectivity index (χ1v) is 6.64. The van der Waals surface area contributed by atoms with Gasteiger partial charge in [-0.15, -0.1) is 0 Å². The van der Waals surface area contributed by atoms with Crippen molar-refractivity contribution in [3.63, 3.8) is 0 Å². The number of hydrogen-bond acceptors (Lipinski definition) is 6. The summed E-state index contributed by atoms with van der Waals surface area (Å²) >= 11 is 2.82. The summed E-state index contributed by atoms with van der Waals surface area (Å²) < 4.78 is 0.838. The van der Waals surface area contributed by atoms with Crippen LogP contribution < -0.4 is 4.03 Å². The highest BCUT2D eigenvalue weighted by Gasteiger charge is 2.23. The van der Waals surface area contributed by atoms with Gasteiger partial charge in [-0.1, -0.05) is 19.1 Å². The molecule has 0 fully saturated rings. The van der Waals surface area contributed by atoms with E-state index in [9.17, 15) is 19.7 Å². The number of rotatable bonds is 5. The minimum absolute atomic E-state index is 0.142. The first kappa shape index (κ1) is 18.7. The third-order valence-corrected chi connectivity index (χ3v) is 2.75. The Labute approximate surface area is 129 Å². The Bertz CT molecular complexity index is 571. The average Bonchev–Trinajstić information content (AvgIpc) is 2.47. The predicted molar refractivity (Wildman–Crippen MR) is 80.2 cm³/mol. The lowest BCUT2D eigenvalue weighted by molar-refractivity contribution is -0.384. The number of halogens is 1. The fourth-order valence-corrected chi connectivity index (χ4v) is 1.53. The molecule has 1 rings (SSSR count). The number of Topliss-reactive ketones (excluding diaryl/α,β-unsaturated/α-hetero) is 2. The first-order chi connectivity index (χ1) is 9.84. The summed E-state index contributed by atoms with van der Waals surface area (Å²) in [4.78, 5) is 30.5. The summed E-state index contributed by atoms with van der Waals surface area (Å²) in [6.07, 6.45) is 1.16. The van der Waals surface area contributed by atoms with Crippen molar-refractivity contribution in [2.24, 2.45) is 0 Å². The van der Waals surface area contributed by atoms with Crippen molar-refractivity contribution in [3.8, 4) is 0 Å². The first-order valence-electron chi connectivity index (χ1n) is 5.93. The number of diazo groups is 1. The predicted octanol–water partition coefficient (Wildman–Crippen LogP) is 3.42. The molecule has 0 aliphatic rings. The molecule has 112 valence electrons. The van der Waals surface area contributed by atoms with Gasteiger partial charge in [0.05, 0.1) is 8.96 Å². The summed E-state index contributed by atoms with van der Waals surface area (Å²) in [5.74, 6) is -0.584. The zero-order valence-electron chi connectivity index (χ0n) is 11.5. The topological polar surface area (TPSA) is 109 Å². The van der Waals surface area contributed by atoms with E-state index in [2.05, 4.69) is 21.2 Å². The summed E-state index contributed by atoms with van der Waals surface area (Å²) in [6, 6.07) is 5.89. The second-order valence-corrected chi connectivity index (χ2v) is 4.50. The quantitative estimate of drug-likeness (QED) is 0.262. The van der Waals surface area contributed by atoms with Gasteiger partial charge in [-0.2, -0.15) is 0 Å². The van der Waals surface area contributed by atoms with Crippen LogP contribution in [0.5, 0.6) is 0 Å². The van der Waals surface area contributed by atoms with E-state index in [0.29, 0.717) is 6.42 Å². The Balaban J connectivity index is 0.000000433. The Morgan fingerprint density at radius 1 is 1.43 bits per heavy atom. The van der Waals surface area contributed by atoms with Gasteiger partial charge >= 0.3 is 10.8 Å². The van der Waals surface area contributed by atoms with E-state index in [1.54, 1.807) is 6.07 Å². The van der Waals surface area contributed by atoms with Crippen molar-refractivity contribution < 1.29 is 14.5 Å². The lowest BCUT2D eigenvalue weighted by Gasteiger charge is -1.96. The summed E-state index contributed by atoms with van der Waals surface area (Å²) in [5, 5.41) is 21.6. The fraction of sp³-hybridized carbons (Fsp3) is 0.333. The van der Waals surface area contributed by atoms with Crippen molar-refractivity contribution in [1.29, 1.82) is 5.39 Å². The van der Waals surface area contributed by atoms with Crippen LogP contribution in [0, 0.1) is 15.5 Å². The van der Waals surface area contributed by atoms with E-state index in [-0.39, 0.29) is 22.9 Å². The van der Waals surface area contributed by atoms with E-state index in [4.69, 9.17) is 5.39 Å². The van der Waals surface area contributed by atoms with E-state index < -0.39 is 4.92 Å². The molecule has 21 heavy (non-hydrogen) atoms. The lowest BCUT2D eigenvalue weighted by atomic mass is 10.2. The van der Waals surface area contributed by atoms with Gasteiger partial charge in [0.2, 0.25) is 5.69 Å². The van der Waals surface area contributed by atoms with Crippen LogP contribution in [-0.4, -0.2) is 16.5 Å². The second-order valence-electron chi connectivity index (χ2n) is 3.82. The smallest absolute Gasteiger partial charge is 0.291 e. The molecule has 0 saturated carbocycles. The van der Waals surface area contributed by atoms with Crippen molar-refractivity contribution in [3.05, 3.63) is 39.5 Å². The van der Waals surface area contributed by atoms with Crippen LogP contribution in [0.4, 0.5) is 11.4 Å². The van der Waals surface area contributed by atoms with Crippen LogP contribution in [0.3, 0.4) is 0 Å². The molecule has 8 nitrogen and oxygen atoms in total. The van der Waals surface area contributed by atoms with E-state index in [1.807, 2.05) is 6.92 Å². The number of carbonyl (C=O) groups is 2. The monoisotopic (exact) mass is 357 g/mol. The van der Waals surface area contributed by atoms with Gasteiger partial charge in [0.1, 0.15) is 16.1 Å². The van der Waals surface area contributed by atoms with Crippen molar-refractivity contribution in [1.82, 2.24) is 0 Å². The number of ketones is 2. The molecule has 0 unspecified atom stereocenters. The third kappa shape index (κ3) is 6.58. The molecule has 0 spiro atoms. The summed E-state index contributed by atoms with van der Waals surface area (Å²) in [5.41, 5.74) is 0.0205. The molecule has 0 bridgehead atoms. The summed E-state index contributed by atoms with van der Waals surface area (Å²) in [7, 11) is 0. The molecule has 0 N–H and O–H groups in total. The molecule has 0 heterocycles. The van der Waals surface area contributed by atoms with Gasteiger partial charge in [-0.3, -0.25) is 19.7 Å². The third-order valence-electron chi connectivity index (χ3n) is 2.23. The normalized spacial score (nSPS) is 8.86. The molecule has 0 aromatic heterocycles. The highest BCUT2D eigenvalue weighted by molar-refractivity contribution is 9.10. The highest BCUT2D eigenvalue weighted by Crippen LogP contribution is 2.29. The van der Waals surface area contributed by atoms with E-state index >= 15 is 0 Å². The van der Waals surface area contributed by atoms with Crippen LogP contribution in [-0.2, 0) is 9.59 Å². The van der Waals surface area contributed by atoms with E-state index in [0.717, 1.165) is 10.5 Å². The number of benzene rings is 1. The molecule has 9 heteroatoms. The molecule has 1 aromatic rings. The maximum absolute atomic E-state index is 10.5. The van der Waals surface area contributed by atoms with Crippen LogP contribution in [0.25, 0.3) is 5.08 Å². The van der Waals surface area contributed by atoms with Gasteiger partial charge in [-0.05, 0) is 12.5 Å². The molecule has 1 aromatic carbocycles. The minimum Gasteiger partial charge on any atom is -0.291 e. The van der Waals surface area contributed by atoms with E-state index in [1.165, 1.54) is 25.1 Å². The molecule has 0 aliphatic heterocycles. The maximum atomic E-state index is 10.5. The maximum Gasteiger partial charge on any atom is 0.322 e. The van der Waals surface area contributed by atoms with Gasteiger partial charge < -0.3 is 0 Å². The van der Waals surface area contributed by atoms with Crippen LogP contribution >= 0.6 is 16.1 Å². The lowest BCUT2D eigenvalue weighted by Crippen LogP contribution is -2.07. The number of para-hydroxylation sites is 2. The zero-order chi connectivity index (χ0) is 16.4. The number of carbonyl (C=O) groups excluding carboxylic acids is 2. The Morgan fingerprint density at radius 2 is 2.00 bits per heavy atom. The fourth-order valence-electron chi connectivity index (χ4n) is 1.23. The minimum atomic E-state index is -0.561. The molecule has 0 aliphatic carbocycles. The standard InChI is InChI=1S/C6H4BrN4O2.C6H10O2/c7-10(9-8)5-3-1-2-4-6(5)11(12)13;1-3-4-6(8)5(2)7/h1-4H;3-4H2,1-2H3/q+1;. The number of anilines is 1. The van der Waals surface area contributed by atoms with Crippen molar-refractivity contribution in [2.75, 3.05) is 4.03 Å². The number of nitro benzene ring substituents is 1. The molecular formula is C12H14BrN4O4+. The van der Waals surface area contributed by atoms with Crippen LogP contribution in [0.15, 0.2) is 24.3 Å². The molecule has 0 radical (unpaired) electrons. The average molecular weight is 358 g/mol. The number of hydrogen-bond donors (Lipinski definition) is 0. The molecular weight excluding hydrogens is 344 g/mol.